The Morgan fingerprint density at radius 3 is 2.65 bits per heavy atom. The van der Waals surface area contributed by atoms with Crippen molar-refractivity contribution in [1.82, 2.24) is 35.0 Å². The molecular formula is C20H27N7O8S2. The number of thiazole rings is 1. The number of hydrogen-bond donors (Lipinski definition) is 4. The molecule has 15 nitrogen and oxygen atoms in total. The van der Waals surface area contributed by atoms with Gasteiger partial charge in [-0.05, 0) is 27.2 Å². The number of rotatable bonds is 11. The fraction of sp³-hybridized carbons (Fsp3) is 0.500. The number of carbonyl (C=O) groups is 4. The van der Waals surface area contributed by atoms with Crippen LogP contribution in [0.1, 0.15) is 36.9 Å². The summed E-state index contributed by atoms with van der Waals surface area (Å²) in [6, 6.07) is -2.37. The number of aryl methyl sites for hydroxylation is 1. The number of hydrogen-bond acceptors (Lipinski definition) is 10. The number of alkyl carbamates (subject to hydrolysis) is 1. The molecule has 0 saturated carbocycles. The fourth-order valence-electron chi connectivity index (χ4n) is 3.40. The molecule has 1 saturated heterocycles. The SMILES string of the molecule is CC(C)(C)OC(=O)NCCCn1cc(-c2ncc(C(=O)NCC3C(NC=O)C(=O)N3S(=O)(=O)O)s2)cn1. The summed E-state index contributed by atoms with van der Waals surface area (Å²) in [5.74, 6) is -1.59. The summed E-state index contributed by atoms with van der Waals surface area (Å²) >= 11 is 1.07. The number of ether oxygens (including phenoxy) is 1. The lowest BCUT2D eigenvalue weighted by atomic mass is 9.99. The molecule has 4 amide bonds. The third kappa shape index (κ3) is 7.23. The van der Waals surface area contributed by atoms with Crippen LogP contribution in [-0.4, -0.2) is 87.1 Å². The van der Waals surface area contributed by atoms with E-state index < -0.39 is 45.9 Å². The Balaban J connectivity index is 1.51. The van der Waals surface area contributed by atoms with Crippen molar-refractivity contribution >= 4 is 46.0 Å². The van der Waals surface area contributed by atoms with Gasteiger partial charge in [-0.3, -0.25) is 23.6 Å². The summed E-state index contributed by atoms with van der Waals surface area (Å²) in [4.78, 5) is 51.2. The third-order valence-corrected chi connectivity index (χ3v) is 6.97. The maximum absolute atomic E-state index is 12.5. The average Bonchev–Trinajstić information content (AvgIpc) is 3.45. The van der Waals surface area contributed by atoms with Gasteiger partial charge in [-0.1, -0.05) is 0 Å². The van der Waals surface area contributed by atoms with Gasteiger partial charge in [0.05, 0.1) is 18.4 Å². The van der Waals surface area contributed by atoms with Gasteiger partial charge in [-0.25, -0.2) is 14.1 Å². The van der Waals surface area contributed by atoms with Crippen molar-refractivity contribution in [1.29, 1.82) is 0 Å². The Morgan fingerprint density at radius 2 is 2.00 bits per heavy atom. The van der Waals surface area contributed by atoms with Crippen molar-refractivity contribution < 1.29 is 36.9 Å². The Bertz CT molecular complexity index is 1270. The molecule has 4 N–H and O–H groups in total. The first-order valence-electron chi connectivity index (χ1n) is 11.0. The first kappa shape index (κ1) is 28.0. The molecule has 37 heavy (non-hydrogen) atoms. The molecule has 0 spiro atoms. The predicted molar refractivity (Wildman–Crippen MR) is 130 cm³/mol. The largest absolute Gasteiger partial charge is 0.444 e. The first-order valence-corrected chi connectivity index (χ1v) is 13.3. The summed E-state index contributed by atoms with van der Waals surface area (Å²) < 4.78 is 39.1. The maximum atomic E-state index is 12.5. The van der Waals surface area contributed by atoms with Crippen molar-refractivity contribution in [2.45, 2.75) is 51.4 Å². The second-order valence-electron chi connectivity index (χ2n) is 8.96. The minimum absolute atomic E-state index is 0.198. The van der Waals surface area contributed by atoms with E-state index in [0.717, 1.165) is 11.3 Å². The van der Waals surface area contributed by atoms with Crippen molar-refractivity contribution in [2.24, 2.45) is 0 Å². The normalized spacial score (nSPS) is 17.6. The number of aromatic nitrogens is 3. The summed E-state index contributed by atoms with van der Waals surface area (Å²) in [6.45, 7) is 5.93. The van der Waals surface area contributed by atoms with Crippen LogP contribution in [0.25, 0.3) is 10.6 Å². The molecule has 0 aromatic carbocycles. The molecule has 0 aliphatic carbocycles. The van der Waals surface area contributed by atoms with E-state index in [0.29, 0.717) is 30.1 Å². The Kier molecular flexibility index (Phi) is 8.49. The van der Waals surface area contributed by atoms with Gasteiger partial charge < -0.3 is 20.7 Å². The summed E-state index contributed by atoms with van der Waals surface area (Å²) in [5.41, 5.74) is 0.0958. The van der Waals surface area contributed by atoms with E-state index in [9.17, 15) is 32.1 Å². The van der Waals surface area contributed by atoms with Gasteiger partial charge in [0.1, 0.15) is 21.5 Å². The van der Waals surface area contributed by atoms with Gasteiger partial charge in [-0.2, -0.15) is 13.5 Å². The van der Waals surface area contributed by atoms with Crippen LogP contribution in [0.5, 0.6) is 0 Å². The number of carbonyl (C=O) groups excluding carboxylic acids is 4. The van der Waals surface area contributed by atoms with Gasteiger partial charge in [0.2, 0.25) is 6.41 Å². The van der Waals surface area contributed by atoms with E-state index in [1.54, 1.807) is 37.8 Å². The van der Waals surface area contributed by atoms with E-state index in [1.165, 1.54) is 6.20 Å². The van der Waals surface area contributed by atoms with Crippen LogP contribution in [0.2, 0.25) is 0 Å². The molecule has 1 fully saturated rings. The van der Waals surface area contributed by atoms with Crippen LogP contribution in [0.15, 0.2) is 18.6 Å². The molecule has 2 aromatic rings. The third-order valence-electron chi connectivity index (χ3n) is 4.98. The molecular weight excluding hydrogens is 530 g/mol. The Morgan fingerprint density at radius 1 is 1.27 bits per heavy atom. The van der Waals surface area contributed by atoms with Gasteiger partial charge in [-0.15, -0.1) is 11.3 Å². The van der Waals surface area contributed by atoms with Crippen LogP contribution in [0.3, 0.4) is 0 Å². The number of amides is 4. The highest BCUT2D eigenvalue weighted by atomic mass is 32.2. The minimum atomic E-state index is -4.85. The molecule has 3 heterocycles. The molecule has 0 radical (unpaired) electrons. The summed E-state index contributed by atoms with van der Waals surface area (Å²) in [5, 5.41) is 12.1. The molecule has 202 valence electrons. The highest BCUT2D eigenvalue weighted by Crippen LogP contribution is 2.26. The topological polar surface area (TPSA) is 202 Å². The zero-order chi connectivity index (χ0) is 27.4. The quantitative estimate of drug-likeness (QED) is 0.124. The Hall–Kier alpha value is -3.57. The predicted octanol–water partition coefficient (Wildman–Crippen LogP) is -0.221. The molecule has 2 atom stereocenters. The van der Waals surface area contributed by atoms with Gasteiger partial charge in [0.25, 0.3) is 11.8 Å². The lowest BCUT2D eigenvalue weighted by Gasteiger charge is -2.43. The molecule has 1 aliphatic heterocycles. The van der Waals surface area contributed by atoms with E-state index in [-0.39, 0.29) is 22.1 Å². The molecule has 3 rings (SSSR count). The number of β-lactam (4-membered cyclic amide) rings is 1. The van der Waals surface area contributed by atoms with E-state index in [1.807, 2.05) is 0 Å². The van der Waals surface area contributed by atoms with Crippen molar-refractivity contribution in [3.63, 3.8) is 0 Å². The summed E-state index contributed by atoms with van der Waals surface area (Å²) in [7, 11) is -4.85. The van der Waals surface area contributed by atoms with E-state index in [4.69, 9.17) is 4.74 Å². The first-order chi connectivity index (χ1) is 17.3. The molecule has 2 aromatic heterocycles. The van der Waals surface area contributed by atoms with Gasteiger partial charge >= 0.3 is 16.4 Å². The van der Waals surface area contributed by atoms with Crippen molar-refractivity contribution in [2.75, 3.05) is 13.1 Å². The zero-order valence-corrected chi connectivity index (χ0v) is 21.8. The van der Waals surface area contributed by atoms with Crippen LogP contribution in [-0.2, 0) is 31.2 Å². The van der Waals surface area contributed by atoms with E-state index in [2.05, 4.69) is 26.0 Å². The fourth-order valence-corrected chi connectivity index (χ4v) is 5.09. The molecule has 17 heteroatoms. The molecule has 2 unspecified atom stereocenters. The monoisotopic (exact) mass is 557 g/mol. The maximum Gasteiger partial charge on any atom is 0.407 e. The molecule has 0 bridgehead atoms. The van der Waals surface area contributed by atoms with Crippen LogP contribution < -0.4 is 16.0 Å². The number of nitrogens with one attached hydrogen (secondary N) is 3. The second kappa shape index (κ2) is 11.2. The molecule has 1 aliphatic rings. The summed E-state index contributed by atoms with van der Waals surface area (Å²) in [6.07, 6.45) is 5.01. The highest BCUT2D eigenvalue weighted by Gasteiger charge is 2.53. The van der Waals surface area contributed by atoms with E-state index >= 15 is 0 Å². The lowest BCUT2D eigenvalue weighted by molar-refractivity contribution is -0.143. The van der Waals surface area contributed by atoms with Crippen molar-refractivity contribution in [3.8, 4) is 10.6 Å². The number of nitrogens with zero attached hydrogens (tertiary/aromatic N) is 4. The smallest absolute Gasteiger partial charge is 0.407 e. The van der Waals surface area contributed by atoms with Crippen LogP contribution in [0, 0.1) is 0 Å². The lowest BCUT2D eigenvalue weighted by Crippen LogP contribution is -2.73. The average molecular weight is 558 g/mol. The minimum Gasteiger partial charge on any atom is -0.444 e. The van der Waals surface area contributed by atoms with Crippen LogP contribution in [0.4, 0.5) is 4.79 Å². The standard InChI is InChI=1S/C20H27N7O8S2/c1-20(2,3)35-19(31)21-5-4-6-26-10-12(7-25-26)17-23-9-14(36-17)16(29)22-8-13-15(24-11-28)18(30)27(13)37(32,33)34/h7,9-11,13,15H,4-6,8H2,1-3H3,(H,21,31)(H,22,29)(H,24,28)(H,32,33,34). The van der Waals surface area contributed by atoms with Crippen LogP contribution >= 0.6 is 11.3 Å². The van der Waals surface area contributed by atoms with Gasteiger partial charge in [0.15, 0.2) is 0 Å². The van der Waals surface area contributed by atoms with Crippen molar-refractivity contribution in [3.05, 3.63) is 23.5 Å². The second-order valence-corrected chi connectivity index (χ2v) is 11.3. The van der Waals surface area contributed by atoms with Gasteiger partial charge in [0, 0.05) is 31.4 Å². The Labute approximate surface area is 216 Å². The zero-order valence-electron chi connectivity index (χ0n) is 20.2. The highest BCUT2D eigenvalue weighted by molar-refractivity contribution is 7.84.